The van der Waals surface area contributed by atoms with E-state index in [4.69, 9.17) is 4.74 Å². The lowest BCUT2D eigenvalue weighted by Gasteiger charge is -2.22. The summed E-state index contributed by atoms with van der Waals surface area (Å²) in [6.45, 7) is 4.96. The lowest BCUT2D eigenvalue weighted by molar-refractivity contribution is -0.143. The second-order valence-corrected chi connectivity index (χ2v) is 22.4. The summed E-state index contributed by atoms with van der Waals surface area (Å²) < 4.78 is 5.49. The van der Waals surface area contributed by atoms with Crippen LogP contribution >= 0.6 is 0 Å². The first-order valence-corrected chi connectivity index (χ1v) is 32.6. The van der Waals surface area contributed by atoms with E-state index in [1.165, 1.54) is 270 Å². The van der Waals surface area contributed by atoms with Gasteiger partial charge < -0.3 is 20.3 Å². The Kier molecular flexibility index (Phi) is 60.5. The zero-order valence-electron chi connectivity index (χ0n) is 48.7. The fourth-order valence-corrected chi connectivity index (χ4v) is 10.2. The Bertz CT molecular complexity index is 1120. The van der Waals surface area contributed by atoms with E-state index in [0.29, 0.717) is 25.9 Å². The van der Waals surface area contributed by atoms with E-state index in [9.17, 15) is 19.8 Å². The molecule has 0 aromatic heterocycles. The minimum Gasteiger partial charge on any atom is -0.466 e. The first-order chi connectivity index (χ1) is 35.5. The maximum Gasteiger partial charge on any atom is 0.305 e. The summed E-state index contributed by atoms with van der Waals surface area (Å²) in [5, 5.41) is 23.4. The molecule has 0 aliphatic heterocycles. The minimum atomic E-state index is -0.674. The van der Waals surface area contributed by atoms with Gasteiger partial charge in [-0.15, -0.1) is 0 Å². The highest BCUT2D eigenvalue weighted by atomic mass is 16.5. The first kappa shape index (κ1) is 70.3. The molecule has 0 aromatic carbocycles. The molecule has 6 nitrogen and oxygen atoms in total. The first-order valence-electron chi connectivity index (χ1n) is 32.6. The predicted molar refractivity (Wildman–Crippen MR) is 315 cm³/mol. The highest BCUT2D eigenvalue weighted by Crippen LogP contribution is 2.18. The maximum atomic E-state index is 12.5. The second-order valence-electron chi connectivity index (χ2n) is 22.4. The monoisotopic (exact) mass is 1010 g/mol. The molecule has 6 heteroatoms. The summed E-state index contributed by atoms with van der Waals surface area (Å²) >= 11 is 0. The number of amides is 1. The molecule has 0 radical (unpaired) electrons. The van der Waals surface area contributed by atoms with Crippen molar-refractivity contribution in [2.24, 2.45) is 0 Å². The second kappa shape index (κ2) is 61.9. The van der Waals surface area contributed by atoms with Crippen LogP contribution in [-0.2, 0) is 14.3 Å². The molecule has 3 N–H and O–H groups in total. The van der Waals surface area contributed by atoms with Crippen LogP contribution in [0.3, 0.4) is 0 Å². The number of ether oxygens (including phenoxy) is 1. The smallest absolute Gasteiger partial charge is 0.305 e. The standard InChI is InChI=1S/C66H127NO5/c1-3-5-7-9-11-13-15-17-19-21-22-23-27-30-34-38-42-46-50-54-58-64(69)63(62-68)67-65(70)59-55-51-47-43-39-35-31-28-24-25-29-33-37-41-45-49-53-57-61-72-66(71)60-56-52-48-44-40-36-32-26-20-18-16-14-12-10-8-6-4-2/h18,20,28,31,63-64,68-69H,3-17,19,21-27,29-30,32-62H2,1-2H3,(H,67,70)/b20-18-,31-28-. The van der Waals surface area contributed by atoms with Gasteiger partial charge in [-0.05, 0) is 77.0 Å². The number of allylic oxidation sites excluding steroid dienone is 4. The third kappa shape index (κ3) is 57.6. The third-order valence-electron chi connectivity index (χ3n) is 15.2. The van der Waals surface area contributed by atoms with E-state index < -0.39 is 12.1 Å². The largest absolute Gasteiger partial charge is 0.466 e. The Morgan fingerprint density at radius 1 is 0.375 bits per heavy atom. The number of carbonyl (C=O) groups excluding carboxylic acids is 2. The molecule has 426 valence electrons. The molecule has 0 rings (SSSR count). The van der Waals surface area contributed by atoms with Crippen molar-refractivity contribution in [1.82, 2.24) is 5.32 Å². The van der Waals surface area contributed by atoms with E-state index in [1.807, 2.05) is 0 Å². The van der Waals surface area contributed by atoms with Crippen LogP contribution in [0.5, 0.6) is 0 Å². The summed E-state index contributed by atoms with van der Waals surface area (Å²) in [6.07, 6.45) is 76.2. The minimum absolute atomic E-state index is 0.000463. The molecule has 0 aliphatic rings. The Morgan fingerprint density at radius 3 is 0.986 bits per heavy atom. The Morgan fingerprint density at radius 2 is 0.653 bits per heavy atom. The van der Waals surface area contributed by atoms with Gasteiger partial charge in [0, 0.05) is 12.8 Å². The van der Waals surface area contributed by atoms with Gasteiger partial charge in [0.25, 0.3) is 0 Å². The molecule has 2 atom stereocenters. The molecule has 0 aliphatic carbocycles. The van der Waals surface area contributed by atoms with Crippen LogP contribution < -0.4 is 5.32 Å². The van der Waals surface area contributed by atoms with Gasteiger partial charge in [0.1, 0.15) is 0 Å². The molecule has 0 saturated heterocycles. The molecular weight excluding hydrogens is 887 g/mol. The molecule has 72 heavy (non-hydrogen) atoms. The van der Waals surface area contributed by atoms with E-state index in [-0.39, 0.29) is 18.5 Å². The number of aliphatic hydroxyl groups is 2. The Hall–Kier alpha value is -1.66. The van der Waals surface area contributed by atoms with Gasteiger partial charge in [0.15, 0.2) is 0 Å². The molecule has 0 spiro atoms. The van der Waals surface area contributed by atoms with Gasteiger partial charge in [-0.2, -0.15) is 0 Å². The number of hydrogen-bond donors (Lipinski definition) is 3. The van der Waals surface area contributed by atoms with Gasteiger partial charge in [0.05, 0.1) is 25.4 Å². The van der Waals surface area contributed by atoms with Crippen LogP contribution in [0.15, 0.2) is 24.3 Å². The number of rotatable bonds is 61. The van der Waals surface area contributed by atoms with E-state index in [2.05, 4.69) is 43.5 Å². The van der Waals surface area contributed by atoms with Gasteiger partial charge in [-0.1, -0.05) is 295 Å². The summed E-state index contributed by atoms with van der Waals surface area (Å²) in [5.41, 5.74) is 0. The van der Waals surface area contributed by atoms with Crippen molar-refractivity contribution in [3.8, 4) is 0 Å². The maximum absolute atomic E-state index is 12.5. The summed E-state index contributed by atoms with van der Waals surface area (Å²) in [5.74, 6) is -0.0455. The number of nitrogens with one attached hydrogen (secondary N) is 1. The van der Waals surface area contributed by atoms with E-state index >= 15 is 0 Å². The van der Waals surface area contributed by atoms with Gasteiger partial charge >= 0.3 is 5.97 Å². The molecule has 0 bridgehead atoms. The van der Waals surface area contributed by atoms with Crippen LogP contribution in [0.4, 0.5) is 0 Å². The van der Waals surface area contributed by atoms with Crippen LogP contribution in [0.25, 0.3) is 0 Å². The Labute approximate surface area is 450 Å². The molecule has 0 saturated carbocycles. The van der Waals surface area contributed by atoms with Crippen LogP contribution in [0, 0.1) is 0 Å². The molecular formula is C66H127NO5. The Balaban J connectivity index is 3.44. The molecule has 0 aromatic rings. The lowest BCUT2D eigenvalue weighted by atomic mass is 10.0. The third-order valence-corrected chi connectivity index (χ3v) is 15.2. The van der Waals surface area contributed by atoms with Crippen LogP contribution in [-0.4, -0.2) is 47.4 Å². The van der Waals surface area contributed by atoms with Crippen molar-refractivity contribution in [3.63, 3.8) is 0 Å². The van der Waals surface area contributed by atoms with Gasteiger partial charge in [0.2, 0.25) is 5.91 Å². The fraction of sp³-hybridized carbons (Fsp3) is 0.909. The molecule has 1 amide bonds. The van der Waals surface area contributed by atoms with Crippen molar-refractivity contribution < 1.29 is 24.5 Å². The number of hydrogen-bond acceptors (Lipinski definition) is 5. The fourth-order valence-electron chi connectivity index (χ4n) is 10.2. The zero-order valence-corrected chi connectivity index (χ0v) is 48.7. The summed E-state index contributed by atoms with van der Waals surface area (Å²) in [7, 11) is 0. The average Bonchev–Trinajstić information content (AvgIpc) is 3.38. The molecule has 2 unspecified atom stereocenters. The average molecular weight is 1010 g/mol. The van der Waals surface area contributed by atoms with E-state index in [0.717, 1.165) is 57.8 Å². The quantitative estimate of drug-likeness (QED) is 0.0320. The van der Waals surface area contributed by atoms with Crippen molar-refractivity contribution in [2.45, 2.75) is 373 Å². The number of esters is 1. The van der Waals surface area contributed by atoms with Gasteiger partial charge in [-0.25, -0.2) is 0 Å². The van der Waals surface area contributed by atoms with Crippen molar-refractivity contribution >= 4 is 11.9 Å². The summed E-state index contributed by atoms with van der Waals surface area (Å²) in [6, 6.07) is -0.552. The lowest BCUT2D eigenvalue weighted by Crippen LogP contribution is -2.45. The molecule has 0 fully saturated rings. The van der Waals surface area contributed by atoms with Crippen molar-refractivity contribution in [3.05, 3.63) is 24.3 Å². The van der Waals surface area contributed by atoms with Crippen molar-refractivity contribution in [2.75, 3.05) is 13.2 Å². The number of aliphatic hydroxyl groups excluding tert-OH is 2. The van der Waals surface area contributed by atoms with Crippen LogP contribution in [0.1, 0.15) is 361 Å². The SMILES string of the molecule is CCCCCCCC/C=C\CCCCCCCCCC(=O)OCCCCCCCCCCC/C=C\CCCCCCCC(=O)NC(CO)C(O)CCCCCCCCCCCCCCCCCCCCCC. The highest BCUT2D eigenvalue weighted by molar-refractivity contribution is 5.76. The topological polar surface area (TPSA) is 95.9 Å². The zero-order chi connectivity index (χ0) is 52.2. The summed E-state index contributed by atoms with van der Waals surface area (Å²) in [4.78, 5) is 24.6. The predicted octanol–water partition coefficient (Wildman–Crippen LogP) is 20.6. The molecule has 0 heterocycles. The van der Waals surface area contributed by atoms with E-state index in [1.54, 1.807) is 0 Å². The number of unbranched alkanes of at least 4 members (excludes halogenated alkanes) is 46. The highest BCUT2D eigenvalue weighted by Gasteiger charge is 2.20. The number of carbonyl (C=O) groups is 2. The van der Waals surface area contributed by atoms with Crippen LogP contribution in [0.2, 0.25) is 0 Å². The van der Waals surface area contributed by atoms with Crippen molar-refractivity contribution in [1.29, 1.82) is 0 Å². The normalized spacial score (nSPS) is 12.7. The van der Waals surface area contributed by atoms with Gasteiger partial charge in [-0.3, -0.25) is 9.59 Å².